The molecule has 0 spiro atoms. The lowest BCUT2D eigenvalue weighted by molar-refractivity contribution is 0.101. The quantitative estimate of drug-likeness (QED) is 0.764. The van der Waals surface area contributed by atoms with Gasteiger partial charge in [-0.05, 0) is 44.9 Å². The maximum atomic E-state index is 12.7. The number of rotatable bonds is 2. The highest BCUT2D eigenvalue weighted by Crippen LogP contribution is 2.23. The minimum atomic E-state index is -0.102. The number of aromatic nitrogens is 4. The SMILES string of the molecule is Cc1nc2n(c1C(=O)Nc1ccc3c(C)[nH]nc3c1)CCCC2. The molecule has 1 aliphatic heterocycles. The molecule has 3 heterocycles. The average molecular weight is 309 g/mol. The van der Waals surface area contributed by atoms with Crippen LogP contribution in [0.25, 0.3) is 10.9 Å². The van der Waals surface area contributed by atoms with Crippen LogP contribution in [-0.4, -0.2) is 25.7 Å². The minimum absolute atomic E-state index is 0.102. The summed E-state index contributed by atoms with van der Waals surface area (Å²) in [5, 5.41) is 11.3. The summed E-state index contributed by atoms with van der Waals surface area (Å²) >= 11 is 0. The van der Waals surface area contributed by atoms with Gasteiger partial charge in [0.15, 0.2) is 0 Å². The number of hydrogen-bond donors (Lipinski definition) is 2. The van der Waals surface area contributed by atoms with Gasteiger partial charge in [-0.15, -0.1) is 0 Å². The summed E-state index contributed by atoms with van der Waals surface area (Å²) in [4.78, 5) is 17.3. The monoisotopic (exact) mass is 309 g/mol. The van der Waals surface area contributed by atoms with Crippen molar-refractivity contribution in [2.45, 2.75) is 39.7 Å². The molecule has 1 aliphatic rings. The van der Waals surface area contributed by atoms with Gasteiger partial charge in [0, 0.05) is 29.7 Å². The van der Waals surface area contributed by atoms with Gasteiger partial charge in [-0.25, -0.2) is 4.98 Å². The van der Waals surface area contributed by atoms with Gasteiger partial charge in [-0.1, -0.05) is 0 Å². The second-order valence-corrected chi connectivity index (χ2v) is 6.11. The zero-order valence-corrected chi connectivity index (χ0v) is 13.3. The number of amides is 1. The largest absolute Gasteiger partial charge is 0.324 e. The normalized spacial score (nSPS) is 14.0. The van der Waals surface area contributed by atoms with Crippen LogP contribution in [0, 0.1) is 13.8 Å². The third kappa shape index (κ3) is 2.30. The fourth-order valence-electron chi connectivity index (χ4n) is 3.32. The number of carbonyl (C=O) groups excluding carboxylic acids is 1. The zero-order valence-electron chi connectivity index (χ0n) is 13.3. The van der Waals surface area contributed by atoms with E-state index < -0.39 is 0 Å². The van der Waals surface area contributed by atoms with Gasteiger partial charge in [0.2, 0.25) is 0 Å². The molecular formula is C17H19N5O. The summed E-state index contributed by atoms with van der Waals surface area (Å²) in [6, 6.07) is 5.77. The highest BCUT2D eigenvalue weighted by atomic mass is 16.2. The molecule has 0 saturated heterocycles. The van der Waals surface area contributed by atoms with Crippen LogP contribution < -0.4 is 5.32 Å². The zero-order chi connectivity index (χ0) is 16.0. The molecule has 3 aromatic rings. The Labute approximate surface area is 133 Å². The van der Waals surface area contributed by atoms with E-state index in [2.05, 4.69) is 25.1 Å². The van der Waals surface area contributed by atoms with Gasteiger partial charge in [0.05, 0.1) is 11.2 Å². The first-order valence-corrected chi connectivity index (χ1v) is 7.95. The van der Waals surface area contributed by atoms with E-state index in [4.69, 9.17) is 0 Å². The number of aryl methyl sites for hydroxylation is 3. The van der Waals surface area contributed by atoms with Crippen LogP contribution in [0.3, 0.4) is 0 Å². The Morgan fingerprint density at radius 2 is 2.17 bits per heavy atom. The van der Waals surface area contributed by atoms with Crippen molar-refractivity contribution < 1.29 is 4.79 Å². The Morgan fingerprint density at radius 1 is 1.30 bits per heavy atom. The number of nitrogens with one attached hydrogen (secondary N) is 2. The van der Waals surface area contributed by atoms with E-state index in [0.29, 0.717) is 5.69 Å². The lowest BCUT2D eigenvalue weighted by Gasteiger charge is -2.16. The molecule has 0 radical (unpaired) electrons. The lowest BCUT2D eigenvalue weighted by atomic mass is 10.1. The number of nitrogens with zero attached hydrogens (tertiary/aromatic N) is 3. The fourth-order valence-corrected chi connectivity index (χ4v) is 3.32. The molecule has 2 aromatic heterocycles. The molecule has 2 N–H and O–H groups in total. The summed E-state index contributed by atoms with van der Waals surface area (Å²) in [5.41, 5.74) is 4.11. The Morgan fingerprint density at radius 3 is 3.04 bits per heavy atom. The predicted molar refractivity (Wildman–Crippen MR) is 88.7 cm³/mol. The number of benzene rings is 1. The van der Waals surface area contributed by atoms with E-state index in [1.807, 2.05) is 32.0 Å². The van der Waals surface area contributed by atoms with E-state index in [1.165, 1.54) is 0 Å². The molecule has 0 unspecified atom stereocenters. The van der Waals surface area contributed by atoms with E-state index >= 15 is 0 Å². The third-order valence-corrected chi connectivity index (χ3v) is 4.47. The van der Waals surface area contributed by atoms with Crippen LogP contribution in [0.1, 0.15) is 40.5 Å². The van der Waals surface area contributed by atoms with Crippen LogP contribution in [0.15, 0.2) is 18.2 Å². The number of H-pyrrole nitrogens is 1. The molecule has 1 aromatic carbocycles. The van der Waals surface area contributed by atoms with Crippen molar-refractivity contribution in [1.82, 2.24) is 19.7 Å². The third-order valence-electron chi connectivity index (χ3n) is 4.47. The number of anilines is 1. The van der Waals surface area contributed by atoms with Gasteiger partial charge in [-0.2, -0.15) is 5.10 Å². The van der Waals surface area contributed by atoms with E-state index in [1.54, 1.807) is 0 Å². The van der Waals surface area contributed by atoms with Crippen molar-refractivity contribution in [3.63, 3.8) is 0 Å². The molecule has 0 bridgehead atoms. The average Bonchev–Trinajstić information content (AvgIpc) is 3.06. The summed E-state index contributed by atoms with van der Waals surface area (Å²) < 4.78 is 2.06. The molecule has 0 fully saturated rings. The minimum Gasteiger partial charge on any atom is -0.324 e. The van der Waals surface area contributed by atoms with Crippen molar-refractivity contribution in [3.8, 4) is 0 Å². The van der Waals surface area contributed by atoms with Crippen molar-refractivity contribution in [1.29, 1.82) is 0 Å². The first kappa shape index (κ1) is 14.0. The Balaban J connectivity index is 1.65. The molecule has 118 valence electrons. The number of carbonyl (C=O) groups is 1. The second-order valence-electron chi connectivity index (χ2n) is 6.11. The van der Waals surface area contributed by atoms with E-state index in [9.17, 15) is 4.79 Å². The molecular weight excluding hydrogens is 290 g/mol. The summed E-state index contributed by atoms with van der Waals surface area (Å²) in [6.07, 6.45) is 3.20. The summed E-state index contributed by atoms with van der Waals surface area (Å²) in [6.45, 7) is 4.76. The van der Waals surface area contributed by atoms with Crippen LogP contribution in [0.2, 0.25) is 0 Å². The highest BCUT2D eigenvalue weighted by molar-refractivity contribution is 6.04. The van der Waals surface area contributed by atoms with Gasteiger partial charge in [0.1, 0.15) is 11.5 Å². The smallest absolute Gasteiger partial charge is 0.274 e. The molecule has 0 atom stereocenters. The van der Waals surface area contributed by atoms with Crippen molar-refractivity contribution in [2.24, 2.45) is 0 Å². The topological polar surface area (TPSA) is 75.6 Å². The first-order valence-electron chi connectivity index (χ1n) is 7.95. The number of hydrogen-bond acceptors (Lipinski definition) is 3. The van der Waals surface area contributed by atoms with Crippen molar-refractivity contribution in [2.75, 3.05) is 5.32 Å². The lowest BCUT2D eigenvalue weighted by Crippen LogP contribution is -2.21. The predicted octanol–water partition coefficient (Wildman–Crippen LogP) is 2.96. The molecule has 6 heteroatoms. The number of imidazole rings is 1. The summed E-state index contributed by atoms with van der Waals surface area (Å²) in [5.74, 6) is 0.923. The highest BCUT2D eigenvalue weighted by Gasteiger charge is 2.22. The van der Waals surface area contributed by atoms with Crippen molar-refractivity contribution in [3.05, 3.63) is 41.1 Å². The van der Waals surface area contributed by atoms with Gasteiger partial charge >= 0.3 is 0 Å². The van der Waals surface area contributed by atoms with E-state index in [0.717, 1.165) is 59.6 Å². The van der Waals surface area contributed by atoms with Gasteiger partial charge < -0.3 is 9.88 Å². The molecule has 0 saturated carbocycles. The van der Waals surface area contributed by atoms with Crippen LogP contribution in [0.5, 0.6) is 0 Å². The molecule has 6 nitrogen and oxygen atoms in total. The standard InChI is InChI=1S/C17H19N5O/c1-10-13-7-6-12(9-14(13)21-20-10)19-17(23)16-11(2)18-15-5-3-4-8-22(15)16/h6-7,9H,3-5,8H2,1-2H3,(H,19,23)(H,20,21). The molecule has 1 amide bonds. The molecule has 23 heavy (non-hydrogen) atoms. The fraction of sp³-hybridized carbons (Fsp3) is 0.353. The Kier molecular flexibility index (Phi) is 3.18. The van der Waals surface area contributed by atoms with Crippen LogP contribution >= 0.6 is 0 Å². The van der Waals surface area contributed by atoms with Crippen LogP contribution in [0.4, 0.5) is 5.69 Å². The second kappa shape index (κ2) is 5.22. The van der Waals surface area contributed by atoms with Gasteiger partial charge in [-0.3, -0.25) is 9.89 Å². The number of fused-ring (bicyclic) bond motifs is 2. The van der Waals surface area contributed by atoms with E-state index in [-0.39, 0.29) is 5.91 Å². The summed E-state index contributed by atoms with van der Waals surface area (Å²) in [7, 11) is 0. The molecule has 4 rings (SSSR count). The Bertz CT molecular complexity index is 905. The maximum Gasteiger partial charge on any atom is 0.274 e. The van der Waals surface area contributed by atoms with Crippen LogP contribution in [-0.2, 0) is 13.0 Å². The maximum absolute atomic E-state index is 12.7. The van der Waals surface area contributed by atoms with Crippen molar-refractivity contribution >= 4 is 22.5 Å². The van der Waals surface area contributed by atoms with Gasteiger partial charge in [0.25, 0.3) is 5.91 Å². The Hall–Kier alpha value is -2.63. The molecule has 0 aliphatic carbocycles. The number of aromatic amines is 1. The first-order chi connectivity index (χ1) is 11.1.